The molecule has 94 valence electrons. The minimum Gasteiger partial charge on any atom is -0.483 e. The maximum Gasteiger partial charge on any atom is 0.257 e. The molecule has 0 saturated heterocycles. The third-order valence-electron chi connectivity index (χ3n) is 1.96. The number of halogens is 2. The molecule has 0 saturated carbocycles. The lowest BCUT2D eigenvalue weighted by Crippen LogP contribution is -2.31. The molecule has 17 heavy (non-hydrogen) atoms. The Morgan fingerprint density at radius 1 is 1.41 bits per heavy atom. The van der Waals surface area contributed by atoms with Gasteiger partial charge in [0, 0.05) is 11.0 Å². The van der Waals surface area contributed by atoms with Crippen LogP contribution in [-0.4, -0.2) is 19.1 Å². The number of hydrogen-bond donors (Lipinski definition) is 1. The van der Waals surface area contributed by atoms with Crippen LogP contribution in [0.2, 0.25) is 0 Å². The van der Waals surface area contributed by atoms with E-state index >= 15 is 0 Å². The van der Waals surface area contributed by atoms with Crippen LogP contribution >= 0.6 is 31.9 Å². The topological polar surface area (TPSA) is 38.3 Å². The molecule has 1 aromatic carbocycles. The summed E-state index contributed by atoms with van der Waals surface area (Å²) in [5, 5.41) is 2.79. The molecule has 0 bridgehead atoms. The largest absolute Gasteiger partial charge is 0.483 e. The first-order valence-electron chi connectivity index (χ1n) is 5.33. The van der Waals surface area contributed by atoms with Gasteiger partial charge in [0.05, 0.1) is 4.47 Å². The first kappa shape index (κ1) is 14.5. The number of amides is 1. The van der Waals surface area contributed by atoms with Gasteiger partial charge >= 0.3 is 0 Å². The quantitative estimate of drug-likeness (QED) is 0.869. The van der Waals surface area contributed by atoms with Crippen LogP contribution in [0.5, 0.6) is 5.75 Å². The van der Waals surface area contributed by atoms with Gasteiger partial charge in [0.2, 0.25) is 0 Å². The highest BCUT2D eigenvalue weighted by molar-refractivity contribution is 9.11. The van der Waals surface area contributed by atoms with Crippen molar-refractivity contribution >= 4 is 37.8 Å². The third-order valence-corrected chi connectivity index (χ3v) is 3.07. The van der Waals surface area contributed by atoms with Crippen molar-refractivity contribution in [2.75, 3.05) is 13.2 Å². The van der Waals surface area contributed by atoms with Crippen molar-refractivity contribution in [3.8, 4) is 5.75 Å². The fourth-order valence-electron chi connectivity index (χ4n) is 1.10. The second-order valence-electron chi connectivity index (χ2n) is 4.06. The lowest BCUT2D eigenvalue weighted by Gasteiger charge is -2.10. The fourth-order valence-corrected chi connectivity index (χ4v) is 2.27. The normalized spacial score (nSPS) is 10.4. The van der Waals surface area contributed by atoms with Gasteiger partial charge in [-0.15, -0.1) is 0 Å². The Hall–Kier alpha value is -0.550. The van der Waals surface area contributed by atoms with E-state index < -0.39 is 0 Å². The Balaban J connectivity index is 2.42. The smallest absolute Gasteiger partial charge is 0.257 e. The molecule has 0 unspecified atom stereocenters. The van der Waals surface area contributed by atoms with Gasteiger partial charge in [0.15, 0.2) is 6.61 Å². The lowest BCUT2D eigenvalue weighted by atomic mass is 10.2. The summed E-state index contributed by atoms with van der Waals surface area (Å²) >= 11 is 6.72. The Labute approximate surface area is 118 Å². The predicted molar refractivity (Wildman–Crippen MR) is 75.2 cm³/mol. The minimum absolute atomic E-state index is 0.0347. The van der Waals surface area contributed by atoms with Gasteiger partial charge < -0.3 is 10.1 Å². The molecule has 0 aromatic heterocycles. The van der Waals surface area contributed by atoms with Gasteiger partial charge in [0.25, 0.3) is 5.91 Å². The van der Waals surface area contributed by atoms with E-state index in [1.807, 2.05) is 32.0 Å². The van der Waals surface area contributed by atoms with Crippen molar-refractivity contribution in [3.05, 3.63) is 27.1 Å². The molecule has 1 N–H and O–H groups in total. The molecule has 1 rings (SSSR count). The molecule has 0 heterocycles. The van der Waals surface area contributed by atoms with E-state index in [1.54, 1.807) is 0 Å². The van der Waals surface area contributed by atoms with Crippen LogP contribution < -0.4 is 10.1 Å². The zero-order chi connectivity index (χ0) is 12.8. The van der Waals surface area contributed by atoms with E-state index in [0.29, 0.717) is 18.2 Å². The SMILES string of the molecule is CC(C)CNC(=O)COc1ccc(Br)cc1Br. The molecule has 5 heteroatoms. The van der Waals surface area contributed by atoms with Gasteiger partial charge in [-0.2, -0.15) is 0 Å². The molecule has 0 fully saturated rings. The summed E-state index contributed by atoms with van der Waals surface area (Å²) in [6.07, 6.45) is 0. The maximum atomic E-state index is 11.4. The van der Waals surface area contributed by atoms with Crippen LogP contribution in [0.4, 0.5) is 0 Å². The van der Waals surface area contributed by atoms with Crippen LogP contribution in [0, 0.1) is 5.92 Å². The number of benzene rings is 1. The Morgan fingerprint density at radius 2 is 2.12 bits per heavy atom. The van der Waals surface area contributed by atoms with Crippen LogP contribution in [0.1, 0.15) is 13.8 Å². The predicted octanol–water partition coefficient (Wildman–Crippen LogP) is 3.36. The summed E-state index contributed by atoms with van der Waals surface area (Å²) in [6.45, 7) is 4.80. The van der Waals surface area contributed by atoms with Crippen LogP contribution in [0.15, 0.2) is 27.1 Å². The summed E-state index contributed by atoms with van der Waals surface area (Å²) in [7, 11) is 0. The van der Waals surface area contributed by atoms with Crippen molar-refractivity contribution in [1.29, 1.82) is 0 Å². The highest BCUT2D eigenvalue weighted by atomic mass is 79.9. The van der Waals surface area contributed by atoms with Gasteiger partial charge in [-0.1, -0.05) is 29.8 Å². The number of carbonyl (C=O) groups excluding carboxylic acids is 1. The zero-order valence-corrected chi connectivity index (χ0v) is 13.0. The summed E-state index contributed by atoms with van der Waals surface area (Å²) in [5.74, 6) is 1.000. The van der Waals surface area contributed by atoms with Crippen LogP contribution in [0.3, 0.4) is 0 Å². The van der Waals surface area contributed by atoms with Gasteiger partial charge in [-0.05, 0) is 40.0 Å². The maximum absolute atomic E-state index is 11.4. The monoisotopic (exact) mass is 363 g/mol. The Kier molecular flexibility index (Phi) is 5.98. The summed E-state index contributed by atoms with van der Waals surface area (Å²) in [6, 6.07) is 5.55. The Morgan fingerprint density at radius 3 is 2.71 bits per heavy atom. The molecule has 0 spiro atoms. The molecule has 0 aliphatic heterocycles. The average Bonchev–Trinajstić information content (AvgIpc) is 2.25. The molecule has 0 aliphatic rings. The van der Waals surface area contributed by atoms with E-state index in [2.05, 4.69) is 37.2 Å². The Bertz CT molecular complexity index is 394. The number of carbonyl (C=O) groups is 1. The fraction of sp³-hybridized carbons (Fsp3) is 0.417. The van der Waals surface area contributed by atoms with E-state index in [1.165, 1.54) is 0 Å². The molecule has 1 amide bonds. The van der Waals surface area contributed by atoms with E-state index in [9.17, 15) is 4.79 Å². The minimum atomic E-state index is -0.103. The molecular formula is C12H15Br2NO2. The van der Waals surface area contributed by atoms with Crippen molar-refractivity contribution in [2.45, 2.75) is 13.8 Å². The van der Waals surface area contributed by atoms with Gasteiger partial charge in [-0.25, -0.2) is 0 Å². The first-order chi connectivity index (χ1) is 7.99. The van der Waals surface area contributed by atoms with E-state index in [-0.39, 0.29) is 12.5 Å². The zero-order valence-electron chi connectivity index (χ0n) is 9.80. The lowest BCUT2D eigenvalue weighted by molar-refractivity contribution is -0.123. The molecule has 3 nitrogen and oxygen atoms in total. The highest BCUT2D eigenvalue weighted by Crippen LogP contribution is 2.27. The summed E-state index contributed by atoms with van der Waals surface area (Å²) < 4.78 is 7.19. The molecule has 0 atom stereocenters. The number of hydrogen-bond acceptors (Lipinski definition) is 2. The molecule has 0 radical (unpaired) electrons. The second-order valence-corrected chi connectivity index (χ2v) is 5.83. The van der Waals surface area contributed by atoms with Crippen molar-refractivity contribution < 1.29 is 9.53 Å². The number of nitrogens with one attached hydrogen (secondary N) is 1. The number of ether oxygens (including phenoxy) is 1. The average molecular weight is 365 g/mol. The first-order valence-corrected chi connectivity index (χ1v) is 6.92. The van der Waals surface area contributed by atoms with Crippen LogP contribution in [0.25, 0.3) is 0 Å². The van der Waals surface area contributed by atoms with E-state index in [0.717, 1.165) is 8.95 Å². The van der Waals surface area contributed by atoms with Crippen molar-refractivity contribution in [1.82, 2.24) is 5.32 Å². The molecule has 1 aromatic rings. The summed E-state index contributed by atoms with van der Waals surface area (Å²) in [4.78, 5) is 11.4. The molecular weight excluding hydrogens is 350 g/mol. The van der Waals surface area contributed by atoms with Crippen molar-refractivity contribution in [2.24, 2.45) is 5.92 Å². The van der Waals surface area contributed by atoms with E-state index in [4.69, 9.17) is 4.74 Å². The standard InChI is InChI=1S/C12H15Br2NO2/c1-8(2)6-15-12(16)7-17-11-4-3-9(13)5-10(11)14/h3-5,8H,6-7H2,1-2H3,(H,15,16). The summed E-state index contributed by atoms with van der Waals surface area (Å²) in [5.41, 5.74) is 0. The number of rotatable bonds is 5. The van der Waals surface area contributed by atoms with Crippen LogP contribution in [-0.2, 0) is 4.79 Å². The third kappa shape index (κ3) is 5.55. The van der Waals surface area contributed by atoms with Crippen molar-refractivity contribution in [3.63, 3.8) is 0 Å². The van der Waals surface area contributed by atoms with Gasteiger partial charge in [-0.3, -0.25) is 4.79 Å². The highest BCUT2D eigenvalue weighted by Gasteiger charge is 2.06. The second kappa shape index (κ2) is 7.01. The molecule has 0 aliphatic carbocycles. The van der Waals surface area contributed by atoms with Gasteiger partial charge in [0.1, 0.15) is 5.75 Å².